The number of hydrogen-bond donors (Lipinski definition) is 3. The Balaban J connectivity index is 1.89. The quantitative estimate of drug-likeness (QED) is 0.719. The number of rotatable bonds is 4. The highest BCUT2D eigenvalue weighted by Crippen LogP contribution is 2.52. The Labute approximate surface area is 146 Å². The summed E-state index contributed by atoms with van der Waals surface area (Å²) in [6, 6.07) is 0.113. The molecule has 1 fully saturated rings. The summed E-state index contributed by atoms with van der Waals surface area (Å²) >= 11 is 0.742. The first kappa shape index (κ1) is 17.6. The molecule has 130 valence electrons. The molecule has 3 N–H and O–H groups in total. The monoisotopic (exact) mass is 356 g/mol. The van der Waals surface area contributed by atoms with Crippen molar-refractivity contribution in [2.75, 3.05) is 20.1 Å². The van der Waals surface area contributed by atoms with Crippen molar-refractivity contribution in [1.82, 2.24) is 20.3 Å². The van der Waals surface area contributed by atoms with Crippen LogP contribution in [0.5, 0.6) is 0 Å². The van der Waals surface area contributed by atoms with Gasteiger partial charge >= 0.3 is 0 Å². The zero-order valence-electron chi connectivity index (χ0n) is 14.5. The van der Waals surface area contributed by atoms with Crippen LogP contribution >= 0.6 is 11.3 Å². The lowest BCUT2D eigenvalue weighted by Crippen LogP contribution is -2.49. The molecule has 1 aromatic rings. The van der Waals surface area contributed by atoms with Gasteiger partial charge in [-0.15, -0.1) is 16.1 Å². The van der Waals surface area contributed by atoms with E-state index in [1.54, 1.807) is 0 Å². The fourth-order valence-corrected chi connectivity index (χ4v) is 5.76. The average molecular weight is 357 g/mol. The molecule has 1 spiro atoms. The van der Waals surface area contributed by atoms with Gasteiger partial charge in [-0.05, 0) is 60.2 Å². The molecule has 3 rings (SSSR count). The molecule has 2 atom stereocenters. The van der Waals surface area contributed by atoms with Gasteiger partial charge in [0.25, 0.3) is 0 Å². The van der Waals surface area contributed by atoms with Gasteiger partial charge in [-0.3, -0.25) is 0 Å². The molecule has 7 heteroatoms. The molecule has 2 aliphatic rings. The number of nitrogens with one attached hydrogen (secondary N) is 3. The summed E-state index contributed by atoms with van der Waals surface area (Å²) in [5.41, 5.74) is 1.33. The molecule has 23 heavy (non-hydrogen) atoms. The predicted octanol–water partition coefficient (Wildman–Crippen LogP) is 1.88. The largest absolute Gasteiger partial charge is 0.598 e. The topological polar surface area (TPSA) is 72.0 Å². The smallest absolute Gasteiger partial charge is 0.136 e. The molecule has 1 aromatic heterocycles. The molecule has 2 heterocycles. The van der Waals surface area contributed by atoms with Gasteiger partial charge in [0.1, 0.15) is 15.8 Å². The van der Waals surface area contributed by atoms with Crippen molar-refractivity contribution < 1.29 is 4.55 Å². The minimum absolute atomic E-state index is 0.113. The van der Waals surface area contributed by atoms with Gasteiger partial charge < -0.3 is 15.2 Å². The van der Waals surface area contributed by atoms with E-state index in [1.165, 1.54) is 4.88 Å². The Morgan fingerprint density at radius 1 is 1.39 bits per heavy atom. The first-order valence-electron chi connectivity index (χ1n) is 8.37. The highest BCUT2D eigenvalue weighted by molar-refractivity contribution is 7.90. The number of piperidine rings is 1. The number of thiazole rings is 1. The van der Waals surface area contributed by atoms with Crippen molar-refractivity contribution in [1.29, 1.82) is 0 Å². The summed E-state index contributed by atoms with van der Waals surface area (Å²) in [5, 5.41) is 7.78. The molecule has 0 radical (unpaired) electrons. The van der Waals surface area contributed by atoms with Crippen LogP contribution in [-0.2, 0) is 24.3 Å². The van der Waals surface area contributed by atoms with Crippen LogP contribution in [0.25, 0.3) is 0 Å². The molecular weight excluding hydrogens is 328 g/mol. The van der Waals surface area contributed by atoms with Gasteiger partial charge in [0.15, 0.2) is 0 Å². The van der Waals surface area contributed by atoms with Crippen molar-refractivity contribution in [3.05, 3.63) is 15.6 Å². The normalized spacial score (nSPS) is 24.8. The lowest BCUT2D eigenvalue weighted by atomic mass is 9.74. The number of fused-ring (bicyclic) bond motifs is 1. The van der Waals surface area contributed by atoms with Crippen molar-refractivity contribution in [2.24, 2.45) is 5.41 Å². The minimum Gasteiger partial charge on any atom is -0.598 e. The Bertz CT molecular complexity index is 549. The van der Waals surface area contributed by atoms with E-state index in [4.69, 9.17) is 4.98 Å². The van der Waals surface area contributed by atoms with Crippen molar-refractivity contribution in [3.8, 4) is 0 Å². The van der Waals surface area contributed by atoms with E-state index in [2.05, 4.69) is 15.4 Å². The fourth-order valence-electron chi connectivity index (χ4n) is 3.56. The molecule has 1 saturated heterocycles. The Kier molecular flexibility index (Phi) is 5.07. The number of hydrogen-bond acceptors (Lipinski definition) is 6. The third-order valence-electron chi connectivity index (χ3n) is 4.88. The molecule has 1 aliphatic carbocycles. The van der Waals surface area contributed by atoms with E-state index >= 15 is 0 Å². The first-order valence-corrected chi connectivity index (χ1v) is 10.3. The van der Waals surface area contributed by atoms with Crippen LogP contribution in [0.2, 0.25) is 0 Å². The number of aromatic nitrogens is 1. The van der Waals surface area contributed by atoms with E-state index < -0.39 is 11.4 Å². The first-order chi connectivity index (χ1) is 10.9. The summed E-state index contributed by atoms with van der Waals surface area (Å²) < 4.78 is 15.9. The van der Waals surface area contributed by atoms with Crippen molar-refractivity contribution in [3.63, 3.8) is 0 Å². The summed E-state index contributed by atoms with van der Waals surface area (Å²) in [6.07, 6.45) is 3.32. The van der Waals surface area contributed by atoms with E-state index in [1.807, 2.05) is 39.2 Å². The average Bonchev–Trinajstić information content (AvgIpc) is 2.96. The third-order valence-corrected chi connectivity index (χ3v) is 7.51. The highest BCUT2D eigenvalue weighted by atomic mass is 32.2. The fraction of sp³-hybridized carbons (Fsp3) is 0.812. The number of nitrogens with zero attached hydrogens (tertiary/aromatic N) is 1. The molecule has 0 bridgehead atoms. The molecule has 0 amide bonds. The molecule has 1 aliphatic heterocycles. The molecule has 0 saturated carbocycles. The lowest BCUT2D eigenvalue weighted by Gasteiger charge is -2.40. The zero-order chi connectivity index (χ0) is 16.7. The molecule has 5 nitrogen and oxygen atoms in total. The van der Waals surface area contributed by atoms with Gasteiger partial charge in [-0.25, -0.2) is 4.98 Å². The Hall–Kier alpha value is -0.180. The molecular formula is C16H28N4OS2. The molecule has 0 unspecified atom stereocenters. The second-order valence-electron chi connectivity index (χ2n) is 7.67. The lowest BCUT2D eigenvalue weighted by molar-refractivity contribution is 0.162. The maximum atomic E-state index is 12.7. The van der Waals surface area contributed by atoms with Crippen molar-refractivity contribution in [2.45, 2.75) is 57.4 Å². The zero-order valence-corrected chi connectivity index (χ0v) is 16.1. The summed E-state index contributed by atoms with van der Waals surface area (Å²) in [5.74, 6) is 0. The second-order valence-corrected chi connectivity index (χ2v) is 10.8. The van der Waals surface area contributed by atoms with Crippen LogP contribution in [0.15, 0.2) is 0 Å². The van der Waals surface area contributed by atoms with Crippen LogP contribution in [0.3, 0.4) is 0 Å². The highest BCUT2D eigenvalue weighted by Gasteiger charge is 2.51. The predicted molar refractivity (Wildman–Crippen MR) is 96.9 cm³/mol. The molecule has 0 aromatic carbocycles. The van der Waals surface area contributed by atoms with Crippen LogP contribution in [0, 0.1) is 5.41 Å². The SMILES string of the molecule is CNCc1nc2c(s1)CC1(CCNCC1)[C@@H]2N[S@+]([O-])C(C)(C)C. The van der Waals surface area contributed by atoms with Gasteiger partial charge in [0, 0.05) is 28.2 Å². The van der Waals surface area contributed by atoms with Crippen LogP contribution in [0.4, 0.5) is 0 Å². The van der Waals surface area contributed by atoms with Gasteiger partial charge in [0.05, 0.1) is 5.69 Å². The second kappa shape index (κ2) is 6.61. The summed E-state index contributed by atoms with van der Waals surface area (Å²) in [4.78, 5) is 6.27. The van der Waals surface area contributed by atoms with Gasteiger partial charge in [0.2, 0.25) is 0 Å². The minimum atomic E-state index is -1.08. The van der Waals surface area contributed by atoms with E-state index in [0.29, 0.717) is 0 Å². The Morgan fingerprint density at radius 2 is 2.09 bits per heavy atom. The maximum absolute atomic E-state index is 12.7. The summed E-state index contributed by atoms with van der Waals surface area (Å²) in [7, 11) is 1.95. The van der Waals surface area contributed by atoms with E-state index in [0.717, 1.165) is 49.6 Å². The maximum Gasteiger partial charge on any atom is 0.136 e. The van der Waals surface area contributed by atoms with Crippen molar-refractivity contribution >= 4 is 22.7 Å². The van der Waals surface area contributed by atoms with E-state index in [9.17, 15) is 4.55 Å². The summed E-state index contributed by atoms with van der Waals surface area (Å²) in [6.45, 7) is 8.95. The Morgan fingerprint density at radius 3 is 2.70 bits per heavy atom. The van der Waals surface area contributed by atoms with Crippen LogP contribution in [-0.4, -0.2) is 34.4 Å². The van der Waals surface area contributed by atoms with Gasteiger partial charge in [-0.2, -0.15) is 0 Å². The third kappa shape index (κ3) is 3.45. The van der Waals surface area contributed by atoms with E-state index in [-0.39, 0.29) is 16.2 Å². The van der Waals surface area contributed by atoms with Gasteiger partial charge in [-0.1, -0.05) is 0 Å². The van der Waals surface area contributed by atoms with Crippen LogP contribution < -0.4 is 15.4 Å². The van der Waals surface area contributed by atoms with Crippen LogP contribution in [0.1, 0.15) is 55.2 Å². The standard InChI is InChI=1S/C16H28N4OS2/c1-15(2,3)23(21)20-14-13-11(22-12(19-13)10-17-4)9-16(14)5-7-18-8-6-16/h14,17-18,20H,5-10H2,1-4H3/t14-,23-/m1/s1.